The average molecular weight is 282 g/mol. The van der Waals surface area contributed by atoms with E-state index in [1.807, 2.05) is 11.6 Å². The molecule has 0 aliphatic heterocycles. The molecule has 1 rings (SSSR count). The molecule has 1 aromatic heterocycles. The molecular weight excluding hydrogens is 256 g/mol. The highest BCUT2D eigenvalue weighted by Crippen LogP contribution is 2.13. The van der Waals surface area contributed by atoms with Crippen molar-refractivity contribution in [3.05, 3.63) is 17.0 Å². The number of ether oxygens (including phenoxy) is 1. The second-order valence-electron chi connectivity index (χ2n) is 4.86. The summed E-state index contributed by atoms with van der Waals surface area (Å²) >= 11 is 0. The number of urea groups is 1. The van der Waals surface area contributed by atoms with Gasteiger partial charge in [0.1, 0.15) is 0 Å². The minimum absolute atomic E-state index is 0.0692. The van der Waals surface area contributed by atoms with Crippen molar-refractivity contribution < 1.29 is 9.53 Å². The molecule has 1 heterocycles. The Kier molecular flexibility index (Phi) is 6.51. The fourth-order valence-corrected chi connectivity index (χ4v) is 2.18. The van der Waals surface area contributed by atoms with Crippen LogP contribution in [0.3, 0.4) is 0 Å². The first-order valence-corrected chi connectivity index (χ1v) is 7.02. The number of nitrogens with zero attached hydrogens (tertiary/aromatic N) is 3. The van der Waals surface area contributed by atoms with Crippen LogP contribution >= 0.6 is 0 Å². The summed E-state index contributed by atoms with van der Waals surface area (Å²) < 4.78 is 6.91. The zero-order valence-electron chi connectivity index (χ0n) is 13.2. The van der Waals surface area contributed by atoms with Gasteiger partial charge in [0.15, 0.2) is 0 Å². The van der Waals surface area contributed by atoms with Gasteiger partial charge in [-0.3, -0.25) is 4.68 Å². The molecule has 0 saturated carbocycles. The molecule has 0 unspecified atom stereocenters. The highest BCUT2D eigenvalue weighted by Gasteiger charge is 2.13. The first kappa shape index (κ1) is 16.5. The van der Waals surface area contributed by atoms with Gasteiger partial charge >= 0.3 is 6.03 Å². The van der Waals surface area contributed by atoms with Gasteiger partial charge in [-0.05, 0) is 32.8 Å². The molecule has 114 valence electrons. The summed E-state index contributed by atoms with van der Waals surface area (Å²) in [7, 11) is 3.42. The van der Waals surface area contributed by atoms with Crippen LogP contribution in [0.5, 0.6) is 0 Å². The fraction of sp³-hybridized carbons (Fsp3) is 0.714. The van der Waals surface area contributed by atoms with Gasteiger partial charge in [-0.15, -0.1) is 0 Å². The van der Waals surface area contributed by atoms with E-state index in [1.54, 1.807) is 19.1 Å². The van der Waals surface area contributed by atoms with Gasteiger partial charge in [-0.25, -0.2) is 4.79 Å². The summed E-state index contributed by atoms with van der Waals surface area (Å²) in [6, 6.07) is -0.0692. The Labute approximate surface area is 121 Å². The molecule has 0 aromatic carbocycles. The Hall–Kier alpha value is -1.56. The molecule has 0 saturated heterocycles. The number of rotatable bonds is 7. The molecule has 1 N–H and O–H groups in total. The molecular formula is C14H26N4O2. The second-order valence-corrected chi connectivity index (χ2v) is 4.86. The minimum atomic E-state index is -0.0692. The minimum Gasteiger partial charge on any atom is -0.383 e. The number of hydrogen-bond donors (Lipinski definition) is 1. The Balaban J connectivity index is 2.50. The number of nitrogens with one attached hydrogen (secondary N) is 1. The maximum atomic E-state index is 11.8. The number of carbonyl (C=O) groups excluding carboxylic acids is 1. The lowest BCUT2D eigenvalue weighted by Crippen LogP contribution is -2.39. The van der Waals surface area contributed by atoms with Crippen molar-refractivity contribution in [3.63, 3.8) is 0 Å². The highest BCUT2D eigenvalue weighted by atomic mass is 16.5. The van der Waals surface area contributed by atoms with Crippen molar-refractivity contribution in [1.82, 2.24) is 20.0 Å². The van der Waals surface area contributed by atoms with Crippen molar-refractivity contribution in [1.29, 1.82) is 0 Å². The average Bonchev–Trinajstić information content (AvgIpc) is 2.71. The van der Waals surface area contributed by atoms with E-state index in [4.69, 9.17) is 4.74 Å². The summed E-state index contributed by atoms with van der Waals surface area (Å²) in [6.07, 6.45) is 0.825. The van der Waals surface area contributed by atoms with Crippen LogP contribution in [0.2, 0.25) is 0 Å². The molecule has 1 aromatic rings. The smallest absolute Gasteiger partial charge is 0.317 e. The standard InChI is InChI=1S/C14H26N4O2/c1-6-18-12(3)13(11(2)16-18)7-9-17(4)14(19)15-8-10-20-5/h6-10H2,1-5H3,(H,15,19). The predicted molar refractivity (Wildman–Crippen MR) is 79.0 cm³/mol. The lowest BCUT2D eigenvalue weighted by molar-refractivity contribution is 0.185. The van der Waals surface area contributed by atoms with Gasteiger partial charge in [0.05, 0.1) is 12.3 Å². The molecule has 0 spiro atoms. The monoisotopic (exact) mass is 282 g/mol. The Bertz CT molecular complexity index is 443. The second kappa shape index (κ2) is 7.89. The van der Waals surface area contributed by atoms with Gasteiger partial charge in [-0.2, -0.15) is 5.10 Å². The number of hydrogen-bond acceptors (Lipinski definition) is 3. The highest BCUT2D eigenvalue weighted by molar-refractivity contribution is 5.73. The first-order chi connectivity index (χ1) is 9.51. The third-order valence-electron chi connectivity index (χ3n) is 3.46. The van der Waals surface area contributed by atoms with Gasteiger partial charge in [0.2, 0.25) is 0 Å². The van der Waals surface area contributed by atoms with Crippen molar-refractivity contribution in [3.8, 4) is 0 Å². The molecule has 0 aliphatic rings. The molecule has 2 amide bonds. The molecule has 0 aliphatic carbocycles. The van der Waals surface area contributed by atoms with Crippen LogP contribution in [0.1, 0.15) is 23.9 Å². The number of likely N-dealkylation sites (N-methyl/N-ethyl adjacent to an activating group) is 1. The number of carbonyl (C=O) groups is 1. The first-order valence-electron chi connectivity index (χ1n) is 7.02. The summed E-state index contributed by atoms with van der Waals surface area (Å²) in [6.45, 7) is 8.80. The van der Waals surface area contributed by atoms with Crippen molar-refractivity contribution in [2.24, 2.45) is 0 Å². The van der Waals surface area contributed by atoms with Gasteiger partial charge in [0.25, 0.3) is 0 Å². The predicted octanol–water partition coefficient (Wildman–Crippen LogP) is 1.35. The van der Waals surface area contributed by atoms with Gasteiger partial charge in [-0.1, -0.05) is 0 Å². The number of aromatic nitrogens is 2. The maximum absolute atomic E-state index is 11.8. The Morgan fingerprint density at radius 3 is 2.70 bits per heavy atom. The Morgan fingerprint density at radius 2 is 2.15 bits per heavy atom. The topological polar surface area (TPSA) is 59.4 Å². The lowest BCUT2D eigenvalue weighted by atomic mass is 10.1. The summed E-state index contributed by atoms with van der Waals surface area (Å²) in [5.74, 6) is 0. The zero-order chi connectivity index (χ0) is 15.1. The van der Waals surface area contributed by atoms with Crippen molar-refractivity contribution >= 4 is 6.03 Å². The lowest BCUT2D eigenvalue weighted by Gasteiger charge is -2.18. The molecule has 6 nitrogen and oxygen atoms in total. The summed E-state index contributed by atoms with van der Waals surface area (Å²) in [4.78, 5) is 13.5. The summed E-state index contributed by atoms with van der Waals surface area (Å²) in [5, 5.41) is 7.30. The van der Waals surface area contributed by atoms with E-state index < -0.39 is 0 Å². The molecule has 0 fully saturated rings. The quantitative estimate of drug-likeness (QED) is 0.768. The van der Waals surface area contributed by atoms with Crippen LogP contribution in [0.25, 0.3) is 0 Å². The number of methoxy groups -OCH3 is 1. The fourth-order valence-electron chi connectivity index (χ4n) is 2.18. The van der Waals surface area contributed by atoms with E-state index in [1.165, 1.54) is 11.3 Å². The molecule has 0 bridgehead atoms. The Morgan fingerprint density at radius 1 is 1.45 bits per heavy atom. The number of aryl methyl sites for hydroxylation is 2. The zero-order valence-corrected chi connectivity index (χ0v) is 13.2. The third kappa shape index (κ3) is 4.23. The van der Waals surface area contributed by atoms with Crippen LogP contribution in [0.4, 0.5) is 4.79 Å². The van der Waals surface area contributed by atoms with Gasteiger partial charge < -0.3 is 15.0 Å². The largest absolute Gasteiger partial charge is 0.383 e. The van der Waals surface area contributed by atoms with Crippen LogP contribution < -0.4 is 5.32 Å². The summed E-state index contributed by atoms with van der Waals surface area (Å²) in [5.41, 5.74) is 3.49. The molecule has 0 radical (unpaired) electrons. The van der Waals surface area contributed by atoms with E-state index in [0.29, 0.717) is 19.7 Å². The van der Waals surface area contributed by atoms with Crippen LogP contribution in [-0.2, 0) is 17.7 Å². The normalized spacial score (nSPS) is 10.7. The van der Waals surface area contributed by atoms with Crippen LogP contribution in [0, 0.1) is 13.8 Å². The number of amides is 2. The van der Waals surface area contributed by atoms with Crippen molar-refractivity contribution in [2.75, 3.05) is 33.9 Å². The maximum Gasteiger partial charge on any atom is 0.317 e. The van der Waals surface area contributed by atoms with Crippen LogP contribution in [-0.4, -0.2) is 54.6 Å². The molecule has 6 heteroatoms. The SMILES string of the molecule is CCn1nc(C)c(CCN(C)C(=O)NCCOC)c1C. The van der Waals surface area contributed by atoms with E-state index in [0.717, 1.165) is 18.7 Å². The molecule has 0 atom stereocenters. The van der Waals surface area contributed by atoms with E-state index in [9.17, 15) is 4.79 Å². The van der Waals surface area contributed by atoms with Gasteiger partial charge in [0, 0.05) is 39.5 Å². The molecule has 20 heavy (non-hydrogen) atoms. The van der Waals surface area contributed by atoms with E-state index in [-0.39, 0.29) is 6.03 Å². The van der Waals surface area contributed by atoms with Crippen molar-refractivity contribution in [2.45, 2.75) is 33.7 Å². The van der Waals surface area contributed by atoms with Crippen LogP contribution in [0.15, 0.2) is 0 Å². The van der Waals surface area contributed by atoms with E-state index in [2.05, 4.69) is 24.3 Å². The third-order valence-corrected chi connectivity index (χ3v) is 3.46. The van der Waals surface area contributed by atoms with E-state index >= 15 is 0 Å².